The molecule has 0 saturated carbocycles. The van der Waals surface area contributed by atoms with Crippen LogP contribution in [0.1, 0.15) is 12.8 Å². The van der Waals surface area contributed by atoms with Crippen LogP contribution in [0.5, 0.6) is 0 Å². The van der Waals surface area contributed by atoms with E-state index in [2.05, 4.69) is 20.6 Å². The van der Waals surface area contributed by atoms with Crippen molar-refractivity contribution in [2.75, 3.05) is 37.4 Å². The van der Waals surface area contributed by atoms with E-state index < -0.39 is 4.92 Å². The summed E-state index contributed by atoms with van der Waals surface area (Å²) in [6.45, 7) is 2.16. The molecule has 8 nitrogen and oxygen atoms in total. The standard InChI is InChI=1S/C11H17N5O3/c1-12-10-9(16(17)18)11(15-7-14-10)13-6-8-2-4-19-5-3-8/h7-8H,2-6H2,1H3,(H2,12,13,14,15). The third kappa shape index (κ3) is 3.28. The van der Waals surface area contributed by atoms with Crippen molar-refractivity contribution < 1.29 is 9.66 Å². The van der Waals surface area contributed by atoms with Crippen molar-refractivity contribution in [3.8, 4) is 0 Å². The van der Waals surface area contributed by atoms with E-state index in [-0.39, 0.29) is 17.3 Å². The van der Waals surface area contributed by atoms with Gasteiger partial charge in [0.05, 0.1) is 4.92 Å². The molecule has 0 unspecified atom stereocenters. The Balaban J connectivity index is 2.08. The normalized spacial score (nSPS) is 16.1. The van der Waals surface area contributed by atoms with E-state index in [1.807, 2.05) is 0 Å². The Hall–Kier alpha value is -1.96. The van der Waals surface area contributed by atoms with Crippen molar-refractivity contribution in [1.29, 1.82) is 0 Å². The summed E-state index contributed by atoms with van der Waals surface area (Å²) in [5, 5.41) is 16.8. The molecule has 104 valence electrons. The minimum atomic E-state index is -0.474. The second-order valence-corrected chi connectivity index (χ2v) is 4.36. The van der Waals surface area contributed by atoms with Crippen LogP contribution in [0, 0.1) is 16.0 Å². The predicted molar refractivity (Wildman–Crippen MR) is 70.3 cm³/mol. The monoisotopic (exact) mass is 267 g/mol. The van der Waals surface area contributed by atoms with Gasteiger partial charge in [-0.1, -0.05) is 0 Å². The van der Waals surface area contributed by atoms with Crippen molar-refractivity contribution in [1.82, 2.24) is 9.97 Å². The molecule has 2 rings (SSSR count). The summed E-state index contributed by atoms with van der Waals surface area (Å²) in [6.07, 6.45) is 3.24. The van der Waals surface area contributed by atoms with Crippen molar-refractivity contribution in [2.24, 2.45) is 5.92 Å². The number of nitro groups is 1. The van der Waals surface area contributed by atoms with E-state index in [0.29, 0.717) is 12.5 Å². The van der Waals surface area contributed by atoms with Crippen molar-refractivity contribution in [3.63, 3.8) is 0 Å². The third-order valence-electron chi connectivity index (χ3n) is 3.14. The van der Waals surface area contributed by atoms with Gasteiger partial charge in [0, 0.05) is 26.8 Å². The zero-order valence-corrected chi connectivity index (χ0v) is 10.8. The van der Waals surface area contributed by atoms with Crippen LogP contribution in [0.3, 0.4) is 0 Å². The Labute approximate surface area is 110 Å². The number of ether oxygens (including phenoxy) is 1. The van der Waals surface area contributed by atoms with Crippen LogP contribution < -0.4 is 10.6 Å². The Morgan fingerprint density at radius 3 is 2.74 bits per heavy atom. The number of hydrogen-bond acceptors (Lipinski definition) is 7. The molecular formula is C11H17N5O3. The Bertz CT molecular complexity index is 448. The topological polar surface area (TPSA) is 102 Å². The lowest BCUT2D eigenvalue weighted by molar-refractivity contribution is -0.383. The maximum atomic E-state index is 11.1. The highest BCUT2D eigenvalue weighted by molar-refractivity contribution is 5.68. The highest BCUT2D eigenvalue weighted by Gasteiger charge is 2.23. The first-order valence-corrected chi connectivity index (χ1v) is 6.21. The van der Waals surface area contributed by atoms with Gasteiger partial charge in [-0.3, -0.25) is 10.1 Å². The van der Waals surface area contributed by atoms with Gasteiger partial charge in [-0.15, -0.1) is 0 Å². The van der Waals surface area contributed by atoms with Gasteiger partial charge in [0.15, 0.2) is 0 Å². The Morgan fingerprint density at radius 1 is 1.42 bits per heavy atom. The van der Waals surface area contributed by atoms with Crippen molar-refractivity contribution >= 4 is 17.3 Å². The zero-order valence-electron chi connectivity index (χ0n) is 10.8. The highest BCUT2D eigenvalue weighted by Crippen LogP contribution is 2.28. The molecule has 0 spiro atoms. The van der Waals surface area contributed by atoms with Gasteiger partial charge in [-0.05, 0) is 18.8 Å². The van der Waals surface area contributed by atoms with Crippen LogP contribution >= 0.6 is 0 Å². The smallest absolute Gasteiger partial charge is 0.353 e. The van der Waals surface area contributed by atoms with E-state index in [1.54, 1.807) is 7.05 Å². The van der Waals surface area contributed by atoms with E-state index >= 15 is 0 Å². The second-order valence-electron chi connectivity index (χ2n) is 4.36. The largest absolute Gasteiger partial charge is 0.381 e. The molecule has 0 aromatic carbocycles. The van der Waals surface area contributed by atoms with Crippen LogP contribution in [0.2, 0.25) is 0 Å². The van der Waals surface area contributed by atoms with Gasteiger partial charge >= 0.3 is 5.69 Å². The van der Waals surface area contributed by atoms with Gasteiger partial charge in [0.1, 0.15) is 6.33 Å². The molecule has 0 amide bonds. The molecule has 0 aliphatic carbocycles. The van der Waals surface area contributed by atoms with Gasteiger partial charge in [0.25, 0.3) is 0 Å². The van der Waals surface area contributed by atoms with Crippen LogP contribution in [0.15, 0.2) is 6.33 Å². The van der Waals surface area contributed by atoms with E-state index in [1.165, 1.54) is 6.33 Å². The summed E-state index contributed by atoms with van der Waals surface area (Å²) in [6, 6.07) is 0. The summed E-state index contributed by atoms with van der Waals surface area (Å²) < 4.78 is 5.28. The molecule has 1 aromatic rings. The van der Waals surface area contributed by atoms with Gasteiger partial charge in [0.2, 0.25) is 11.6 Å². The first-order valence-electron chi connectivity index (χ1n) is 6.21. The molecule has 0 radical (unpaired) electrons. The molecule has 1 aliphatic rings. The molecule has 1 aromatic heterocycles. The number of hydrogen-bond donors (Lipinski definition) is 2. The lowest BCUT2D eigenvalue weighted by Crippen LogP contribution is -2.23. The molecule has 0 bridgehead atoms. The van der Waals surface area contributed by atoms with Crippen molar-refractivity contribution in [3.05, 3.63) is 16.4 Å². The van der Waals surface area contributed by atoms with Gasteiger partial charge < -0.3 is 15.4 Å². The number of anilines is 2. The van der Waals surface area contributed by atoms with Crippen LogP contribution in [0.4, 0.5) is 17.3 Å². The fraction of sp³-hybridized carbons (Fsp3) is 0.636. The average Bonchev–Trinajstić information content (AvgIpc) is 2.45. The molecule has 2 heterocycles. The first kappa shape index (κ1) is 13.5. The molecule has 1 aliphatic heterocycles. The molecule has 2 N–H and O–H groups in total. The molecule has 1 saturated heterocycles. The van der Waals surface area contributed by atoms with E-state index in [9.17, 15) is 10.1 Å². The maximum Gasteiger partial charge on any atom is 0.353 e. The summed E-state index contributed by atoms with van der Waals surface area (Å²) in [4.78, 5) is 18.4. The molecule has 1 fully saturated rings. The first-order chi connectivity index (χ1) is 9.22. The molecular weight excluding hydrogens is 250 g/mol. The number of rotatable bonds is 5. The SMILES string of the molecule is CNc1ncnc(NCC2CCOCC2)c1[N+](=O)[O-]. The van der Waals surface area contributed by atoms with E-state index in [4.69, 9.17) is 4.74 Å². The van der Waals surface area contributed by atoms with Crippen molar-refractivity contribution in [2.45, 2.75) is 12.8 Å². The zero-order chi connectivity index (χ0) is 13.7. The Morgan fingerprint density at radius 2 is 2.11 bits per heavy atom. The fourth-order valence-electron chi connectivity index (χ4n) is 2.06. The van der Waals surface area contributed by atoms with Gasteiger partial charge in [-0.2, -0.15) is 0 Å². The highest BCUT2D eigenvalue weighted by atomic mass is 16.6. The predicted octanol–water partition coefficient (Wildman–Crippen LogP) is 1.27. The number of aromatic nitrogens is 2. The Kier molecular flexibility index (Phi) is 4.45. The van der Waals surface area contributed by atoms with Gasteiger partial charge in [-0.25, -0.2) is 9.97 Å². The lowest BCUT2D eigenvalue weighted by Gasteiger charge is -2.22. The van der Waals surface area contributed by atoms with E-state index in [0.717, 1.165) is 26.1 Å². The average molecular weight is 267 g/mol. The molecule has 0 atom stereocenters. The third-order valence-corrected chi connectivity index (χ3v) is 3.14. The van der Waals surface area contributed by atoms with Crippen LogP contribution in [-0.2, 0) is 4.74 Å². The number of nitrogens with one attached hydrogen (secondary N) is 2. The summed E-state index contributed by atoms with van der Waals surface area (Å²) in [5.74, 6) is 0.937. The quantitative estimate of drug-likeness (QED) is 0.611. The summed E-state index contributed by atoms with van der Waals surface area (Å²) in [7, 11) is 1.59. The number of nitrogens with zero attached hydrogens (tertiary/aromatic N) is 3. The summed E-state index contributed by atoms with van der Waals surface area (Å²) in [5.41, 5.74) is -0.114. The van der Waals surface area contributed by atoms with Crippen LogP contribution in [0.25, 0.3) is 0 Å². The minimum absolute atomic E-state index is 0.114. The molecule has 19 heavy (non-hydrogen) atoms. The van der Waals surface area contributed by atoms with Crippen LogP contribution in [-0.4, -0.2) is 41.7 Å². The second kappa shape index (κ2) is 6.28. The fourth-order valence-corrected chi connectivity index (χ4v) is 2.06. The lowest BCUT2D eigenvalue weighted by atomic mass is 10.0. The minimum Gasteiger partial charge on any atom is -0.381 e. The summed E-state index contributed by atoms with van der Waals surface area (Å²) >= 11 is 0. The maximum absolute atomic E-state index is 11.1. The molecule has 8 heteroatoms.